The topological polar surface area (TPSA) is 83.6 Å². The third-order valence-electron chi connectivity index (χ3n) is 4.43. The molecule has 2 heterocycles. The van der Waals surface area contributed by atoms with Crippen LogP contribution in [0.4, 0.5) is 5.82 Å². The Morgan fingerprint density at radius 3 is 2.33 bits per heavy atom. The summed E-state index contributed by atoms with van der Waals surface area (Å²) in [6, 6.07) is 26.4. The van der Waals surface area contributed by atoms with Crippen molar-refractivity contribution in [3.05, 3.63) is 108 Å². The zero-order chi connectivity index (χ0) is 20.8. The second kappa shape index (κ2) is 8.67. The van der Waals surface area contributed by atoms with Crippen LogP contribution in [-0.2, 0) is 4.79 Å². The van der Waals surface area contributed by atoms with Gasteiger partial charge in [0.05, 0.1) is 6.20 Å². The molecule has 1 amide bonds. The maximum Gasteiger partial charge on any atom is 0.257 e. The van der Waals surface area contributed by atoms with Gasteiger partial charge in [-0.2, -0.15) is 15.0 Å². The van der Waals surface area contributed by atoms with Gasteiger partial charge in [-0.15, -0.1) is 0 Å². The summed E-state index contributed by atoms with van der Waals surface area (Å²) in [5.74, 6) is 0.429. The highest BCUT2D eigenvalue weighted by Gasteiger charge is 2.19. The van der Waals surface area contributed by atoms with Gasteiger partial charge in [-0.3, -0.25) is 4.79 Å². The summed E-state index contributed by atoms with van der Waals surface area (Å²) >= 11 is 0. The maximum atomic E-state index is 13.3. The lowest BCUT2D eigenvalue weighted by molar-refractivity contribution is -0.111. The smallest absolute Gasteiger partial charge is 0.257 e. The highest BCUT2D eigenvalue weighted by atomic mass is 16.1. The largest absolute Gasteiger partial charge is 0.305 e. The Balaban J connectivity index is 1.75. The molecule has 30 heavy (non-hydrogen) atoms. The molecule has 0 bridgehead atoms. The number of aromatic nitrogens is 3. The average molecular weight is 391 g/mol. The van der Waals surface area contributed by atoms with Crippen LogP contribution in [0.15, 0.2) is 91.3 Å². The molecule has 0 unspecified atom stereocenters. The quantitative estimate of drug-likeness (QED) is 0.406. The molecule has 0 radical (unpaired) electrons. The summed E-state index contributed by atoms with van der Waals surface area (Å²) in [4.78, 5) is 17.6. The third-order valence-corrected chi connectivity index (χ3v) is 4.43. The van der Waals surface area contributed by atoms with E-state index in [4.69, 9.17) is 0 Å². The van der Waals surface area contributed by atoms with Crippen LogP contribution in [0.2, 0.25) is 0 Å². The van der Waals surface area contributed by atoms with E-state index in [-0.39, 0.29) is 17.3 Å². The molecule has 4 rings (SSSR count). The van der Waals surface area contributed by atoms with Crippen molar-refractivity contribution in [2.75, 3.05) is 5.32 Å². The predicted octanol–water partition coefficient (Wildman–Crippen LogP) is 4.32. The van der Waals surface area contributed by atoms with Crippen LogP contribution in [0.5, 0.6) is 0 Å². The Labute approximate surface area is 173 Å². The molecule has 2 aromatic heterocycles. The van der Waals surface area contributed by atoms with E-state index in [1.807, 2.05) is 72.8 Å². The van der Waals surface area contributed by atoms with E-state index in [1.165, 1.54) is 10.9 Å². The van der Waals surface area contributed by atoms with Crippen molar-refractivity contribution in [3.63, 3.8) is 0 Å². The number of hydrogen-bond donors (Lipinski definition) is 1. The van der Waals surface area contributed by atoms with Gasteiger partial charge in [0.15, 0.2) is 11.6 Å². The number of carbonyl (C=O) groups is 1. The number of nitrogens with zero attached hydrogens (tertiary/aromatic N) is 4. The molecule has 0 aliphatic carbocycles. The normalized spacial score (nSPS) is 11.0. The molecule has 6 heteroatoms. The predicted molar refractivity (Wildman–Crippen MR) is 115 cm³/mol. The maximum absolute atomic E-state index is 13.3. The first-order valence-corrected chi connectivity index (χ1v) is 9.29. The second-order valence-electron chi connectivity index (χ2n) is 6.41. The van der Waals surface area contributed by atoms with Gasteiger partial charge in [0.1, 0.15) is 11.6 Å². The first kappa shape index (κ1) is 18.8. The Bertz CT molecular complexity index is 1220. The molecule has 4 aromatic rings. The van der Waals surface area contributed by atoms with Gasteiger partial charge in [-0.25, -0.2) is 4.98 Å². The van der Waals surface area contributed by atoms with E-state index in [9.17, 15) is 10.1 Å². The molecule has 6 nitrogen and oxygen atoms in total. The van der Waals surface area contributed by atoms with Crippen molar-refractivity contribution in [1.82, 2.24) is 14.8 Å². The van der Waals surface area contributed by atoms with Gasteiger partial charge < -0.3 is 5.32 Å². The summed E-state index contributed by atoms with van der Waals surface area (Å²) < 4.78 is 1.45. The number of hydrogen-bond acceptors (Lipinski definition) is 4. The zero-order valence-electron chi connectivity index (χ0n) is 15.9. The molecule has 2 aromatic carbocycles. The number of amides is 1. The lowest BCUT2D eigenvalue weighted by Crippen LogP contribution is -2.17. The summed E-state index contributed by atoms with van der Waals surface area (Å²) in [6.45, 7) is 0. The highest BCUT2D eigenvalue weighted by molar-refractivity contribution is 6.29. The number of pyridine rings is 1. The van der Waals surface area contributed by atoms with Crippen molar-refractivity contribution in [2.24, 2.45) is 0 Å². The molecule has 0 saturated heterocycles. The van der Waals surface area contributed by atoms with E-state index in [0.717, 1.165) is 11.1 Å². The first-order chi connectivity index (χ1) is 14.8. The standard InChI is InChI=1S/C24H17N5O/c25-16-20-17-27-29(22-13-7-8-14-26-22)23(20)28-24(30)21(19-11-5-2-6-12-19)15-18-9-3-1-4-10-18/h1-15,17H,(H,28,30)/b21-15-. The minimum Gasteiger partial charge on any atom is -0.305 e. The third kappa shape index (κ3) is 4.01. The van der Waals surface area contributed by atoms with Crippen molar-refractivity contribution in [3.8, 4) is 11.9 Å². The Kier molecular flexibility index (Phi) is 5.45. The second-order valence-corrected chi connectivity index (χ2v) is 6.41. The van der Waals surface area contributed by atoms with E-state index in [2.05, 4.69) is 21.5 Å². The molecule has 0 aliphatic heterocycles. The minimum absolute atomic E-state index is 0.251. The molecule has 0 fully saturated rings. The van der Waals surface area contributed by atoms with Gasteiger partial charge in [0, 0.05) is 11.8 Å². The molecule has 0 saturated carbocycles. The van der Waals surface area contributed by atoms with Gasteiger partial charge in [-0.05, 0) is 29.3 Å². The van der Waals surface area contributed by atoms with Gasteiger partial charge >= 0.3 is 0 Å². The van der Waals surface area contributed by atoms with Crippen LogP contribution >= 0.6 is 0 Å². The first-order valence-electron chi connectivity index (χ1n) is 9.29. The molecule has 0 aliphatic rings. The zero-order valence-corrected chi connectivity index (χ0v) is 15.9. The number of carbonyl (C=O) groups excluding carboxylic acids is 1. The number of nitriles is 1. The van der Waals surface area contributed by atoms with Crippen LogP contribution in [-0.4, -0.2) is 20.7 Å². The van der Waals surface area contributed by atoms with Crippen LogP contribution < -0.4 is 5.32 Å². The fraction of sp³-hybridized carbons (Fsp3) is 0. The number of nitrogens with one attached hydrogen (secondary N) is 1. The van der Waals surface area contributed by atoms with E-state index in [0.29, 0.717) is 11.4 Å². The van der Waals surface area contributed by atoms with Gasteiger partial charge in [-0.1, -0.05) is 66.7 Å². The fourth-order valence-corrected chi connectivity index (χ4v) is 2.99. The minimum atomic E-state index is -0.348. The molecular formula is C24H17N5O. The van der Waals surface area contributed by atoms with Crippen molar-refractivity contribution in [1.29, 1.82) is 5.26 Å². The number of rotatable bonds is 5. The van der Waals surface area contributed by atoms with Crippen LogP contribution in [0, 0.1) is 11.3 Å². The van der Waals surface area contributed by atoms with Gasteiger partial charge in [0.25, 0.3) is 5.91 Å². The van der Waals surface area contributed by atoms with Crippen LogP contribution in [0.3, 0.4) is 0 Å². The Morgan fingerprint density at radius 1 is 0.967 bits per heavy atom. The van der Waals surface area contributed by atoms with Crippen LogP contribution in [0.1, 0.15) is 16.7 Å². The number of benzene rings is 2. The molecule has 0 spiro atoms. The SMILES string of the molecule is N#Cc1cnn(-c2ccccn2)c1NC(=O)/C(=C\c1ccccc1)c1ccccc1. The summed E-state index contributed by atoms with van der Waals surface area (Å²) in [7, 11) is 0. The van der Waals surface area contributed by atoms with E-state index in [1.54, 1.807) is 18.3 Å². The summed E-state index contributed by atoms with van der Waals surface area (Å²) in [5.41, 5.74) is 2.38. The summed E-state index contributed by atoms with van der Waals surface area (Å²) in [6.07, 6.45) is 4.85. The van der Waals surface area contributed by atoms with E-state index < -0.39 is 0 Å². The molecule has 144 valence electrons. The molecular weight excluding hydrogens is 374 g/mol. The van der Waals surface area contributed by atoms with Crippen LogP contribution in [0.25, 0.3) is 17.5 Å². The number of anilines is 1. The summed E-state index contributed by atoms with van der Waals surface area (Å²) in [5, 5.41) is 16.6. The lowest BCUT2D eigenvalue weighted by Gasteiger charge is -2.12. The van der Waals surface area contributed by atoms with E-state index >= 15 is 0 Å². The highest BCUT2D eigenvalue weighted by Crippen LogP contribution is 2.23. The van der Waals surface area contributed by atoms with Crippen molar-refractivity contribution < 1.29 is 4.79 Å². The lowest BCUT2D eigenvalue weighted by atomic mass is 10.0. The van der Waals surface area contributed by atoms with Gasteiger partial charge in [0.2, 0.25) is 0 Å². The fourth-order valence-electron chi connectivity index (χ4n) is 2.99. The Morgan fingerprint density at radius 2 is 1.67 bits per heavy atom. The molecule has 0 atom stereocenters. The monoisotopic (exact) mass is 391 g/mol. The Hall–Kier alpha value is -4.50. The molecule has 1 N–H and O–H groups in total. The van der Waals surface area contributed by atoms with Crippen molar-refractivity contribution >= 4 is 23.4 Å². The van der Waals surface area contributed by atoms with Crippen molar-refractivity contribution in [2.45, 2.75) is 0 Å². The average Bonchev–Trinajstić information content (AvgIpc) is 3.21.